The van der Waals surface area contributed by atoms with Gasteiger partial charge in [-0.3, -0.25) is 15.6 Å². The van der Waals surface area contributed by atoms with E-state index < -0.39 is 11.7 Å². The summed E-state index contributed by atoms with van der Waals surface area (Å²) in [6.07, 6.45) is -2.14. The summed E-state index contributed by atoms with van der Waals surface area (Å²) >= 11 is 0. The first kappa shape index (κ1) is 17.2. The van der Waals surface area contributed by atoms with Crippen LogP contribution in [0.2, 0.25) is 0 Å². The average Bonchev–Trinajstić information content (AvgIpc) is 3.29. The molecule has 0 spiro atoms. The molecule has 1 aromatic carbocycles. The van der Waals surface area contributed by atoms with Crippen molar-refractivity contribution in [3.63, 3.8) is 0 Å². The normalized spacial score (nSPS) is 27.3. The molecular weight excluding hydrogens is 319 g/mol. The number of hydrogen-bond donors (Lipinski definition) is 2. The van der Waals surface area contributed by atoms with Crippen LogP contribution in [0.3, 0.4) is 0 Å². The molecule has 1 saturated carbocycles. The van der Waals surface area contributed by atoms with E-state index in [1.807, 2.05) is 6.92 Å². The number of carbonyl (C=O) groups is 1. The first-order chi connectivity index (χ1) is 11.3. The predicted molar refractivity (Wildman–Crippen MR) is 83.7 cm³/mol. The summed E-state index contributed by atoms with van der Waals surface area (Å²) in [7, 11) is 1.65. The zero-order valence-electron chi connectivity index (χ0n) is 13.7. The van der Waals surface area contributed by atoms with Crippen LogP contribution in [0, 0.1) is 11.8 Å². The molecule has 1 amide bonds. The van der Waals surface area contributed by atoms with Gasteiger partial charge in [0.15, 0.2) is 0 Å². The number of halogens is 3. The Morgan fingerprint density at radius 2 is 2.00 bits per heavy atom. The van der Waals surface area contributed by atoms with Gasteiger partial charge in [-0.25, -0.2) is 0 Å². The smallest absolute Gasteiger partial charge is 0.341 e. The molecule has 3 unspecified atom stereocenters. The third-order valence-electron chi connectivity index (χ3n) is 4.87. The Bertz CT molecular complexity index is 615. The van der Waals surface area contributed by atoms with E-state index in [1.54, 1.807) is 13.1 Å². The van der Waals surface area contributed by atoms with Crippen molar-refractivity contribution in [1.29, 1.82) is 0 Å². The minimum absolute atomic E-state index is 0.00654. The van der Waals surface area contributed by atoms with Crippen LogP contribution in [0.1, 0.15) is 30.9 Å². The largest absolute Gasteiger partial charge is 0.416 e. The number of hydrazine groups is 1. The lowest BCUT2D eigenvalue weighted by atomic mass is 9.90. The molecule has 3 atom stereocenters. The van der Waals surface area contributed by atoms with Crippen LogP contribution < -0.4 is 10.9 Å². The Balaban J connectivity index is 1.70. The number of nitrogens with one attached hydrogen (secondary N) is 2. The van der Waals surface area contributed by atoms with Crippen LogP contribution in [0.25, 0.3) is 0 Å². The molecule has 1 heterocycles. The third kappa shape index (κ3) is 3.57. The van der Waals surface area contributed by atoms with E-state index in [0.29, 0.717) is 11.5 Å². The Labute approximate surface area is 139 Å². The molecular formula is C17H22F3N3O. The summed E-state index contributed by atoms with van der Waals surface area (Å²) in [4.78, 5) is 14.3. The fraction of sp³-hybridized carbons (Fsp3) is 0.588. The average molecular weight is 341 g/mol. The number of alkyl halides is 3. The quantitative estimate of drug-likeness (QED) is 0.885. The van der Waals surface area contributed by atoms with Crippen LogP contribution >= 0.6 is 0 Å². The molecule has 4 nitrogen and oxygen atoms in total. The van der Waals surface area contributed by atoms with Crippen LogP contribution in [0.15, 0.2) is 24.3 Å². The summed E-state index contributed by atoms with van der Waals surface area (Å²) in [6, 6.07) is 5.26. The minimum atomic E-state index is -4.37. The molecule has 2 aliphatic rings. The van der Waals surface area contributed by atoms with Crippen LogP contribution in [-0.4, -0.2) is 29.9 Å². The summed E-state index contributed by atoms with van der Waals surface area (Å²) in [5, 5.41) is 0. The van der Waals surface area contributed by atoms with Gasteiger partial charge in [-0.2, -0.15) is 13.2 Å². The van der Waals surface area contributed by atoms with E-state index in [9.17, 15) is 18.0 Å². The zero-order chi connectivity index (χ0) is 17.5. The minimum Gasteiger partial charge on any atom is -0.341 e. The number of amides is 1. The molecule has 132 valence electrons. The Morgan fingerprint density at radius 1 is 1.29 bits per heavy atom. The van der Waals surface area contributed by atoms with Gasteiger partial charge in [-0.15, -0.1) is 0 Å². The monoisotopic (exact) mass is 341 g/mol. The van der Waals surface area contributed by atoms with E-state index in [4.69, 9.17) is 0 Å². The van der Waals surface area contributed by atoms with Crippen molar-refractivity contribution in [1.82, 2.24) is 15.8 Å². The van der Waals surface area contributed by atoms with E-state index in [2.05, 4.69) is 10.9 Å². The highest BCUT2D eigenvalue weighted by atomic mass is 19.4. The van der Waals surface area contributed by atoms with Gasteiger partial charge in [0.25, 0.3) is 0 Å². The molecule has 0 bridgehead atoms. The molecule has 0 aromatic heterocycles. The Morgan fingerprint density at radius 3 is 2.62 bits per heavy atom. The molecule has 0 radical (unpaired) electrons. The van der Waals surface area contributed by atoms with Gasteiger partial charge >= 0.3 is 6.18 Å². The fourth-order valence-electron chi connectivity index (χ4n) is 3.40. The first-order valence-electron chi connectivity index (χ1n) is 8.19. The molecule has 3 rings (SSSR count). The van der Waals surface area contributed by atoms with Crippen molar-refractivity contribution in [3.8, 4) is 0 Å². The molecule has 1 aromatic rings. The molecule has 1 saturated heterocycles. The van der Waals surface area contributed by atoms with E-state index in [1.165, 1.54) is 11.0 Å². The number of nitrogens with zero attached hydrogens (tertiary/aromatic N) is 1. The molecule has 7 heteroatoms. The van der Waals surface area contributed by atoms with Gasteiger partial charge in [-0.1, -0.05) is 12.1 Å². The van der Waals surface area contributed by atoms with Gasteiger partial charge in [0.05, 0.1) is 11.5 Å². The second kappa shape index (κ2) is 6.37. The summed E-state index contributed by atoms with van der Waals surface area (Å²) < 4.78 is 38.4. The molecule has 1 aliphatic heterocycles. The van der Waals surface area contributed by atoms with Crippen molar-refractivity contribution in [2.24, 2.45) is 11.8 Å². The molecule has 2 fully saturated rings. The highest BCUT2D eigenvalue weighted by molar-refractivity contribution is 5.80. The SMILES string of the molecule is CC1NNC(C2CC2)C1C(=O)N(C)Cc1cccc(C(F)(F)F)c1. The lowest BCUT2D eigenvalue weighted by Gasteiger charge is -2.26. The van der Waals surface area contributed by atoms with Crippen molar-refractivity contribution >= 4 is 5.91 Å². The second-order valence-corrected chi connectivity index (χ2v) is 6.86. The Kier molecular flexibility index (Phi) is 4.57. The van der Waals surface area contributed by atoms with Crippen molar-refractivity contribution in [2.45, 2.75) is 44.6 Å². The number of rotatable bonds is 4. The summed E-state index contributed by atoms with van der Waals surface area (Å²) in [5.74, 6) is 0.293. The number of hydrogen-bond acceptors (Lipinski definition) is 3. The van der Waals surface area contributed by atoms with E-state index >= 15 is 0 Å². The van der Waals surface area contributed by atoms with Crippen LogP contribution in [0.4, 0.5) is 13.2 Å². The van der Waals surface area contributed by atoms with Gasteiger partial charge < -0.3 is 4.90 Å². The highest BCUT2D eigenvalue weighted by Gasteiger charge is 2.46. The first-order valence-corrected chi connectivity index (χ1v) is 8.19. The van der Waals surface area contributed by atoms with Crippen molar-refractivity contribution in [3.05, 3.63) is 35.4 Å². The maximum Gasteiger partial charge on any atom is 0.416 e. The molecule has 2 N–H and O–H groups in total. The summed E-state index contributed by atoms with van der Waals surface area (Å²) in [5.41, 5.74) is 6.12. The van der Waals surface area contributed by atoms with E-state index in [-0.39, 0.29) is 30.5 Å². The lowest BCUT2D eigenvalue weighted by Crippen LogP contribution is -2.42. The van der Waals surface area contributed by atoms with Crippen LogP contribution in [-0.2, 0) is 17.5 Å². The zero-order valence-corrected chi connectivity index (χ0v) is 13.7. The van der Waals surface area contributed by atoms with Gasteiger partial charge in [-0.05, 0) is 43.4 Å². The summed E-state index contributed by atoms with van der Waals surface area (Å²) in [6.45, 7) is 2.12. The van der Waals surface area contributed by atoms with Gasteiger partial charge in [0, 0.05) is 25.7 Å². The van der Waals surface area contributed by atoms with Crippen molar-refractivity contribution in [2.75, 3.05) is 7.05 Å². The molecule has 24 heavy (non-hydrogen) atoms. The second-order valence-electron chi connectivity index (χ2n) is 6.86. The number of carbonyl (C=O) groups excluding carboxylic acids is 1. The predicted octanol–water partition coefficient (Wildman–Crippen LogP) is 2.55. The fourth-order valence-corrected chi connectivity index (χ4v) is 3.40. The topological polar surface area (TPSA) is 44.4 Å². The Hall–Kier alpha value is -1.60. The van der Waals surface area contributed by atoms with E-state index in [0.717, 1.165) is 25.0 Å². The van der Waals surface area contributed by atoms with Crippen molar-refractivity contribution < 1.29 is 18.0 Å². The van der Waals surface area contributed by atoms with Gasteiger partial charge in [0.1, 0.15) is 0 Å². The third-order valence-corrected chi connectivity index (χ3v) is 4.87. The standard InChI is InChI=1S/C17H22F3N3O/c1-10-14(15(22-21-10)12-6-7-12)16(24)23(2)9-11-4-3-5-13(8-11)17(18,19)20/h3-5,8,10,12,14-15,21-22H,6-7,9H2,1-2H3. The maximum absolute atomic E-state index is 12.8. The van der Waals surface area contributed by atoms with Crippen LogP contribution in [0.5, 0.6) is 0 Å². The molecule has 1 aliphatic carbocycles. The lowest BCUT2D eigenvalue weighted by molar-refractivity contribution is -0.137. The number of benzene rings is 1. The van der Waals surface area contributed by atoms with Gasteiger partial charge in [0.2, 0.25) is 5.91 Å². The highest BCUT2D eigenvalue weighted by Crippen LogP contribution is 2.39. The maximum atomic E-state index is 12.8.